The molecule has 22 heavy (non-hydrogen) atoms. The summed E-state index contributed by atoms with van der Waals surface area (Å²) >= 11 is 0. The number of imide groups is 1. The normalized spacial score (nSPS) is 31.3. The summed E-state index contributed by atoms with van der Waals surface area (Å²) in [6, 6.07) is 5.68. The molecule has 116 valence electrons. The Morgan fingerprint density at radius 1 is 1.27 bits per heavy atom. The van der Waals surface area contributed by atoms with Gasteiger partial charge in [-0.25, -0.2) is 9.78 Å². The number of hydrogen-bond acceptors (Lipinski definition) is 4. The third-order valence-corrected chi connectivity index (χ3v) is 5.26. The van der Waals surface area contributed by atoms with E-state index in [1.165, 1.54) is 4.90 Å². The van der Waals surface area contributed by atoms with E-state index in [1.54, 1.807) is 11.1 Å². The van der Waals surface area contributed by atoms with E-state index in [-0.39, 0.29) is 18.0 Å². The average Bonchev–Trinajstić information content (AvgIpc) is 3.19. The number of hydrogen-bond donors (Lipinski definition) is 0. The summed E-state index contributed by atoms with van der Waals surface area (Å²) in [7, 11) is 0. The Kier molecular flexibility index (Phi) is 2.89. The summed E-state index contributed by atoms with van der Waals surface area (Å²) in [4.78, 5) is 35.2. The maximum Gasteiger partial charge on any atom is 0.327 e. The van der Waals surface area contributed by atoms with Gasteiger partial charge in [0.2, 0.25) is 0 Å². The molecule has 4 rings (SSSR count). The Morgan fingerprint density at radius 3 is 2.86 bits per heavy atom. The molecule has 0 aromatic carbocycles. The molecule has 0 N–H and O–H groups in total. The molecule has 0 spiro atoms. The average molecular weight is 300 g/mol. The molecular formula is C16H20N4O2. The summed E-state index contributed by atoms with van der Waals surface area (Å²) < 4.78 is 0. The number of anilines is 1. The van der Waals surface area contributed by atoms with Gasteiger partial charge in [0, 0.05) is 25.8 Å². The van der Waals surface area contributed by atoms with Crippen LogP contribution < -0.4 is 4.90 Å². The molecular weight excluding hydrogens is 280 g/mol. The van der Waals surface area contributed by atoms with Gasteiger partial charge in [0.1, 0.15) is 11.4 Å². The Morgan fingerprint density at radius 2 is 2.14 bits per heavy atom. The van der Waals surface area contributed by atoms with Gasteiger partial charge in [0.05, 0.1) is 6.04 Å². The second kappa shape index (κ2) is 4.69. The molecule has 2 atom stereocenters. The van der Waals surface area contributed by atoms with Gasteiger partial charge in [-0.3, -0.25) is 9.69 Å². The predicted molar refractivity (Wildman–Crippen MR) is 81.4 cm³/mol. The molecule has 3 aliphatic rings. The number of aromatic nitrogens is 1. The van der Waals surface area contributed by atoms with E-state index in [2.05, 4.69) is 9.88 Å². The van der Waals surface area contributed by atoms with Crippen LogP contribution in [-0.4, -0.2) is 57.9 Å². The SMILES string of the molecule is C[C@@]12CCCN1C(=O)N([C@H]1CCN(c3ccccn3)C1)C2=O. The number of rotatable bonds is 2. The van der Waals surface area contributed by atoms with Crippen LogP contribution in [0.4, 0.5) is 10.6 Å². The second-order valence-corrected chi connectivity index (χ2v) is 6.56. The van der Waals surface area contributed by atoms with Crippen molar-refractivity contribution < 1.29 is 9.59 Å². The monoisotopic (exact) mass is 300 g/mol. The van der Waals surface area contributed by atoms with Crippen molar-refractivity contribution in [2.45, 2.75) is 37.8 Å². The molecule has 0 bridgehead atoms. The van der Waals surface area contributed by atoms with Crippen molar-refractivity contribution in [2.24, 2.45) is 0 Å². The van der Waals surface area contributed by atoms with Crippen LogP contribution in [0, 0.1) is 0 Å². The van der Waals surface area contributed by atoms with E-state index in [1.807, 2.05) is 25.1 Å². The van der Waals surface area contributed by atoms with Crippen molar-refractivity contribution in [3.63, 3.8) is 0 Å². The Balaban J connectivity index is 1.54. The fraction of sp³-hybridized carbons (Fsp3) is 0.562. The fourth-order valence-electron chi connectivity index (χ4n) is 3.99. The minimum Gasteiger partial charge on any atom is -0.354 e. The maximum atomic E-state index is 12.8. The van der Waals surface area contributed by atoms with Crippen molar-refractivity contribution in [2.75, 3.05) is 24.5 Å². The molecule has 0 saturated carbocycles. The largest absolute Gasteiger partial charge is 0.354 e. The highest BCUT2D eigenvalue weighted by atomic mass is 16.2. The topological polar surface area (TPSA) is 56.8 Å². The summed E-state index contributed by atoms with van der Waals surface area (Å²) in [5.74, 6) is 0.902. The standard InChI is InChI=1S/C16H20N4O2/c1-16-7-4-9-19(16)15(22)20(14(16)21)12-6-10-18(11-12)13-5-2-3-8-17-13/h2-3,5,8,12H,4,6-7,9-11H2,1H3/t12-,16-/m0/s1. The number of amides is 3. The Labute approximate surface area is 129 Å². The zero-order valence-electron chi connectivity index (χ0n) is 12.7. The highest BCUT2D eigenvalue weighted by molar-refractivity contribution is 6.07. The first kappa shape index (κ1) is 13.5. The summed E-state index contributed by atoms with van der Waals surface area (Å²) in [6.45, 7) is 4.12. The fourth-order valence-corrected chi connectivity index (χ4v) is 3.99. The molecule has 0 aliphatic carbocycles. The molecule has 3 amide bonds. The minimum absolute atomic E-state index is 0.0112. The van der Waals surface area contributed by atoms with Crippen molar-refractivity contribution in [3.05, 3.63) is 24.4 Å². The van der Waals surface area contributed by atoms with Crippen molar-refractivity contribution in [3.8, 4) is 0 Å². The van der Waals surface area contributed by atoms with Crippen LogP contribution in [-0.2, 0) is 4.79 Å². The first-order valence-electron chi connectivity index (χ1n) is 7.92. The van der Waals surface area contributed by atoms with E-state index in [4.69, 9.17) is 0 Å². The predicted octanol–water partition coefficient (Wildman–Crippen LogP) is 1.48. The lowest BCUT2D eigenvalue weighted by Gasteiger charge is -2.24. The van der Waals surface area contributed by atoms with E-state index in [9.17, 15) is 9.59 Å². The van der Waals surface area contributed by atoms with Crippen LogP contribution in [0.1, 0.15) is 26.2 Å². The van der Waals surface area contributed by atoms with Crippen LogP contribution >= 0.6 is 0 Å². The first-order chi connectivity index (χ1) is 10.6. The van der Waals surface area contributed by atoms with Gasteiger partial charge in [-0.2, -0.15) is 0 Å². The minimum atomic E-state index is -0.602. The summed E-state index contributed by atoms with van der Waals surface area (Å²) in [6.07, 6.45) is 4.29. The zero-order valence-corrected chi connectivity index (χ0v) is 12.7. The van der Waals surface area contributed by atoms with Gasteiger partial charge in [0.15, 0.2) is 0 Å². The molecule has 3 aliphatic heterocycles. The summed E-state index contributed by atoms with van der Waals surface area (Å²) in [5, 5.41) is 0. The first-order valence-corrected chi connectivity index (χ1v) is 7.92. The van der Waals surface area contributed by atoms with E-state index < -0.39 is 5.54 Å². The van der Waals surface area contributed by atoms with Crippen LogP contribution in [0.25, 0.3) is 0 Å². The van der Waals surface area contributed by atoms with Crippen molar-refractivity contribution >= 4 is 17.8 Å². The van der Waals surface area contributed by atoms with Gasteiger partial charge in [-0.1, -0.05) is 6.07 Å². The van der Waals surface area contributed by atoms with E-state index in [0.29, 0.717) is 13.1 Å². The number of pyridine rings is 1. The number of fused-ring (bicyclic) bond motifs is 1. The van der Waals surface area contributed by atoms with Crippen LogP contribution in [0.3, 0.4) is 0 Å². The quantitative estimate of drug-likeness (QED) is 0.776. The maximum absolute atomic E-state index is 12.8. The molecule has 6 nitrogen and oxygen atoms in total. The van der Waals surface area contributed by atoms with Crippen LogP contribution in [0.5, 0.6) is 0 Å². The molecule has 0 radical (unpaired) electrons. The number of nitrogens with zero attached hydrogens (tertiary/aromatic N) is 4. The lowest BCUT2D eigenvalue weighted by atomic mass is 9.99. The molecule has 3 fully saturated rings. The van der Waals surface area contributed by atoms with Gasteiger partial charge < -0.3 is 9.80 Å². The highest BCUT2D eigenvalue weighted by Crippen LogP contribution is 2.39. The van der Waals surface area contributed by atoms with Gasteiger partial charge in [0.25, 0.3) is 5.91 Å². The Hall–Kier alpha value is -2.11. The third-order valence-electron chi connectivity index (χ3n) is 5.26. The van der Waals surface area contributed by atoms with Gasteiger partial charge in [-0.05, 0) is 38.3 Å². The summed E-state index contributed by atoms with van der Waals surface area (Å²) in [5.41, 5.74) is -0.602. The molecule has 3 saturated heterocycles. The lowest BCUT2D eigenvalue weighted by molar-refractivity contribution is -0.133. The second-order valence-electron chi connectivity index (χ2n) is 6.56. The third kappa shape index (κ3) is 1.76. The Bertz CT molecular complexity index is 620. The van der Waals surface area contributed by atoms with Crippen molar-refractivity contribution in [1.29, 1.82) is 0 Å². The molecule has 0 unspecified atom stereocenters. The van der Waals surface area contributed by atoms with Gasteiger partial charge >= 0.3 is 6.03 Å². The zero-order chi connectivity index (χ0) is 15.3. The molecule has 1 aromatic rings. The lowest BCUT2D eigenvalue weighted by Crippen LogP contribution is -2.45. The molecule has 6 heteroatoms. The van der Waals surface area contributed by atoms with Gasteiger partial charge in [-0.15, -0.1) is 0 Å². The number of urea groups is 1. The smallest absolute Gasteiger partial charge is 0.327 e. The van der Waals surface area contributed by atoms with E-state index >= 15 is 0 Å². The van der Waals surface area contributed by atoms with E-state index in [0.717, 1.165) is 31.6 Å². The molecule has 1 aromatic heterocycles. The van der Waals surface area contributed by atoms with Crippen LogP contribution in [0.2, 0.25) is 0 Å². The van der Waals surface area contributed by atoms with Crippen molar-refractivity contribution in [1.82, 2.24) is 14.8 Å². The number of carbonyl (C=O) groups excluding carboxylic acids is 2. The highest BCUT2D eigenvalue weighted by Gasteiger charge is 2.58. The molecule has 4 heterocycles. The van der Waals surface area contributed by atoms with Crippen LogP contribution in [0.15, 0.2) is 24.4 Å². The number of carbonyl (C=O) groups is 2.